The lowest BCUT2D eigenvalue weighted by molar-refractivity contribution is -0.0498. The standard InChI is InChI=1S/C15H11BrF2N2O/c1-9-12(16)5-6-14-19-13(8-20(9)14)10-3-2-4-11(7-10)21-15(17)18/h2-8,15H,1H3. The van der Waals surface area contributed by atoms with Gasteiger partial charge in [-0.05, 0) is 47.1 Å². The predicted octanol–water partition coefficient (Wildman–Crippen LogP) is 4.67. The zero-order chi connectivity index (χ0) is 15.0. The van der Waals surface area contributed by atoms with Crippen LogP contribution in [0, 0.1) is 6.92 Å². The van der Waals surface area contributed by atoms with Gasteiger partial charge in [0.2, 0.25) is 0 Å². The Hall–Kier alpha value is -1.95. The number of aryl methyl sites for hydroxylation is 1. The van der Waals surface area contributed by atoms with E-state index in [-0.39, 0.29) is 5.75 Å². The van der Waals surface area contributed by atoms with Gasteiger partial charge in [0.1, 0.15) is 11.4 Å². The Labute approximate surface area is 128 Å². The molecule has 108 valence electrons. The van der Waals surface area contributed by atoms with Crippen LogP contribution in [0.15, 0.2) is 47.1 Å². The Morgan fingerprint density at radius 1 is 1.24 bits per heavy atom. The quantitative estimate of drug-likeness (QED) is 0.684. The maximum Gasteiger partial charge on any atom is 0.387 e. The van der Waals surface area contributed by atoms with Crippen LogP contribution in [0.2, 0.25) is 0 Å². The van der Waals surface area contributed by atoms with Crippen LogP contribution in [0.25, 0.3) is 16.9 Å². The first kappa shape index (κ1) is 14.0. The third kappa shape index (κ3) is 2.76. The van der Waals surface area contributed by atoms with Gasteiger partial charge in [0, 0.05) is 21.9 Å². The third-order valence-corrected chi connectivity index (χ3v) is 4.01. The number of ether oxygens (including phenoxy) is 1. The zero-order valence-corrected chi connectivity index (χ0v) is 12.6. The number of aromatic nitrogens is 2. The normalized spacial score (nSPS) is 11.3. The average Bonchev–Trinajstić information content (AvgIpc) is 2.87. The van der Waals surface area contributed by atoms with Gasteiger partial charge in [0.15, 0.2) is 0 Å². The van der Waals surface area contributed by atoms with Gasteiger partial charge in [-0.3, -0.25) is 0 Å². The first-order valence-electron chi connectivity index (χ1n) is 6.24. The highest BCUT2D eigenvalue weighted by atomic mass is 79.9. The largest absolute Gasteiger partial charge is 0.435 e. The molecule has 0 aliphatic carbocycles. The molecule has 1 aromatic carbocycles. The lowest BCUT2D eigenvalue weighted by Gasteiger charge is -2.05. The molecule has 0 bridgehead atoms. The van der Waals surface area contributed by atoms with Crippen LogP contribution in [0.3, 0.4) is 0 Å². The number of hydrogen-bond acceptors (Lipinski definition) is 2. The molecule has 0 radical (unpaired) electrons. The van der Waals surface area contributed by atoms with Crippen molar-refractivity contribution in [3.8, 4) is 17.0 Å². The van der Waals surface area contributed by atoms with Gasteiger partial charge in [0.05, 0.1) is 5.69 Å². The Morgan fingerprint density at radius 3 is 2.81 bits per heavy atom. The van der Waals surface area contributed by atoms with Crippen molar-refractivity contribution in [3.63, 3.8) is 0 Å². The lowest BCUT2D eigenvalue weighted by Crippen LogP contribution is -2.01. The molecular formula is C15H11BrF2N2O. The molecule has 6 heteroatoms. The van der Waals surface area contributed by atoms with E-state index in [0.717, 1.165) is 21.4 Å². The molecule has 0 aliphatic rings. The highest BCUT2D eigenvalue weighted by molar-refractivity contribution is 9.10. The van der Waals surface area contributed by atoms with Crippen LogP contribution >= 0.6 is 15.9 Å². The molecule has 0 atom stereocenters. The van der Waals surface area contributed by atoms with Crippen molar-refractivity contribution in [1.82, 2.24) is 9.38 Å². The number of hydrogen-bond donors (Lipinski definition) is 0. The van der Waals surface area contributed by atoms with Gasteiger partial charge in [-0.25, -0.2) is 4.98 Å². The summed E-state index contributed by atoms with van der Waals surface area (Å²) < 4.78 is 31.9. The van der Waals surface area contributed by atoms with E-state index in [0.29, 0.717) is 5.69 Å². The molecule has 0 saturated carbocycles. The Morgan fingerprint density at radius 2 is 2.05 bits per heavy atom. The number of alkyl halides is 2. The van der Waals surface area contributed by atoms with Crippen LogP contribution in [0.5, 0.6) is 5.75 Å². The second-order valence-corrected chi connectivity index (χ2v) is 5.38. The molecule has 0 amide bonds. The minimum atomic E-state index is -2.83. The van der Waals surface area contributed by atoms with E-state index >= 15 is 0 Å². The highest BCUT2D eigenvalue weighted by Gasteiger charge is 2.10. The fourth-order valence-corrected chi connectivity index (χ4v) is 2.46. The topological polar surface area (TPSA) is 26.5 Å². The van der Waals surface area contributed by atoms with Crippen molar-refractivity contribution in [3.05, 3.63) is 52.8 Å². The number of benzene rings is 1. The number of fused-ring (bicyclic) bond motifs is 1. The number of imidazole rings is 1. The number of nitrogens with zero attached hydrogens (tertiary/aromatic N) is 2. The minimum absolute atomic E-state index is 0.123. The summed E-state index contributed by atoms with van der Waals surface area (Å²) in [6, 6.07) is 10.3. The molecule has 2 aromatic heterocycles. The molecule has 0 aliphatic heterocycles. The van der Waals surface area contributed by atoms with E-state index in [4.69, 9.17) is 0 Å². The second kappa shape index (κ2) is 5.44. The van der Waals surface area contributed by atoms with E-state index < -0.39 is 6.61 Å². The van der Waals surface area contributed by atoms with E-state index in [9.17, 15) is 8.78 Å². The van der Waals surface area contributed by atoms with Crippen molar-refractivity contribution in [2.24, 2.45) is 0 Å². The van der Waals surface area contributed by atoms with Crippen molar-refractivity contribution in [2.45, 2.75) is 13.5 Å². The number of pyridine rings is 1. The second-order valence-electron chi connectivity index (χ2n) is 4.53. The van der Waals surface area contributed by atoms with E-state index in [2.05, 4.69) is 25.7 Å². The number of halogens is 3. The van der Waals surface area contributed by atoms with Gasteiger partial charge in [-0.2, -0.15) is 8.78 Å². The van der Waals surface area contributed by atoms with E-state index in [1.54, 1.807) is 12.1 Å². The monoisotopic (exact) mass is 352 g/mol. The van der Waals surface area contributed by atoms with Gasteiger partial charge in [-0.15, -0.1) is 0 Å². The molecule has 0 saturated heterocycles. The smallest absolute Gasteiger partial charge is 0.387 e. The Bertz CT molecular complexity index is 801. The molecular weight excluding hydrogens is 342 g/mol. The maximum atomic E-state index is 12.3. The third-order valence-electron chi connectivity index (χ3n) is 3.17. The molecule has 0 fully saturated rings. The van der Waals surface area contributed by atoms with E-state index in [1.807, 2.05) is 35.7 Å². The fourth-order valence-electron chi connectivity index (χ4n) is 2.13. The molecule has 3 nitrogen and oxygen atoms in total. The van der Waals surface area contributed by atoms with Crippen molar-refractivity contribution >= 4 is 21.6 Å². The van der Waals surface area contributed by atoms with Gasteiger partial charge < -0.3 is 9.14 Å². The highest BCUT2D eigenvalue weighted by Crippen LogP contribution is 2.26. The summed E-state index contributed by atoms with van der Waals surface area (Å²) in [6.07, 6.45) is 1.87. The molecule has 3 aromatic rings. The predicted molar refractivity (Wildman–Crippen MR) is 79.7 cm³/mol. The minimum Gasteiger partial charge on any atom is -0.435 e. The van der Waals surface area contributed by atoms with Crippen LogP contribution in [0.1, 0.15) is 5.69 Å². The molecule has 0 unspecified atom stereocenters. The summed E-state index contributed by atoms with van der Waals surface area (Å²) in [4.78, 5) is 4.50. The molecule has 0 N–H and O–H groups in total. The number of rotatable bonds is 3. The summed E-state index contributed by atoms with van der Waals surface area (Å²) in [5, 5.41) is 0. The maximum absolute atomic E-state index is 12.3. The first-order chi connectivity index (χ1) is 10.0. The molecule has 21 heavy (non-hydrogen) atoms. The first-order valence-corrected chi connectivity index (χ1v) is 7.03. The zero-order valence-electron chi connectivity index (χ0n) is 11.1. The van der Waals surface area contributed by atoms with Crippen LogP contribution in [-0.4, -0.2) is 16.0 Å². The van der Waals surface area contributed by atoms with Crippen molar-refractivity contribution in [2.75, 3.05) is 0 Å². The van der Waals surface area contributed by atoms with Crippen LogP contribution in [0.4, 0.5) is 8.78 Å². The SMILES string of the molecule is Cc1c(Br)ccc2nc(-c3cccc(OC(F)F)c3)cn12. The Balaban J connectivity index is 2.06. The fraction of sp³-hybridized carbons (Fsp3) is 0.133. The lowest BCUT2D eigenvalue weighted by atomic mass is 10.1. The van der Waals surface area contributed by atoms with Gasteiger partial charge in [0.25, 0.3) is 0 Å². The molecule has 2 heterocycles. The summed E-state index contributed by atoms with van der Waals surface area (Å²) in [7, 11) is 0. The Kier molecular flexibility index (Phi) is 3.63. The van der Waals surface area contributed by atoms with E-state index in [1.165, 1.54) is 6.07 Å². The molecule has 3 rings (SSSR count). The summed E-state index contributed by atoms with van der Waals surface area (Å²) in [5.74, 6) is 0.123. The van der Waals surface area contributed by atoms with Crippen LogP contribution < -0.4 is 4.74 Å². The average molecular weight is 353 g/mol. The van der Waals surface area contributed by atoms with Crippen molar-refractivity contribution in [1.29, 1.82) is 0 Å². The van der Waals surface area contributed by atoms with Gasteiger partial charge >= 0.3 is 6.61 Å². The summed E-state index contributed by atoms with van der Waals surface area (Å²) >= 11 is 3.47. The summed E-state index contributed by atoms with van der Waals surface area (Å²) in [6.45, 7) is -0.863. The van der Waals surface area contributed by atoms with Gasteiger partial charge in [-0.1, -0.05) is 12.1 Å². The molecule has 0 spiro atoms. The van der Waals surface area contributed by atoms with Crippen LogP contribution in [-0.2, 0) is 0 Å². The summed E-state index contributed by atoms with van der Waals surface area (Å²) in [5.41, 5.74) is 3.25. The van der Waals surface area contributed by atoms with Crippen molar-refractivity contribution < 1.29 is 13.5 Å².